The summed E-state index contributed by atoms with van der Waals surface area (Å²) in [5.41, 5.74) is 0.403. The van der Waals surface area contributed by atoms with Crippen LogP contribution in [0.5, 0.6) is 0 Å². The molecular formula is C14H15F2NO4S. The molecule has 22 heavy (non-hydrogen) atoms. The van der Waals surface area contributed by atoms with Gasteiger partial charge < -0.3 is 5.11 Å². The van der Waals surface area contributed by atoms with Crippen LogP contribution in [0.2, 0.25) is 0 Å². The van der Waals surface area contributed by atoms with Gasteiger partial charge in [-0.05, 0) is 30.5 Å². The molecule has 3 rings (SSSR count). The van der Waals surface area contributed by atoms with Gasteiger partial charge >= 0.3 is 5.97 Å². The number of carbonyl (C=O) groups is 1. The van der Waals surface area contributed by atoms with Crippen molar-refractivity contribution in [3.8, 4) is 0 Å². The lowest BCUT2D eigenvalue weighted by Crippen LogP contribution is -2.37. The van der Waals surface area contributed by atoms with Gasteiger partial charge in [0, 0.05) is 12.5 Å². The Morgan fingerprint density at radius 3 is 2.23 bits per heavy atom. The second kappa shape index (κ2) is 4.99. The molecule has 1 unspecified atom stereocenters. The van der Waals surface area contributed by atoms with Crippen LogP contribution in [0.1, 0.15) is 30.7 Å². The maximum Gasteiger partial charge on any atom is 0.318 e. The second-order valence-corrected chi connectivity index (χ2v) is 7.65. The van der Waals surface area contributed by atoms with Crippen molar-refractivity contribution in [1.29, 1.82) is 0 Å². The summed E-state index contributed by atoms with van der Waals surface area (Å²) in [5, 5.41) is 8.86. The first kappa shape index (κ1) is 15.4. The van der Waals surface area contributed by atoms with E-state index in [1.807, 2.05) is 0 Å². The molecular weight excluding hydrogens is 316 g/mol. The molecule has 1 N–H and O–H groups in total. The van der Waals surface area contributed by atoms with Gasteiger partial charge in [-0.1, -0.05) is 12.1 Å². The van der Waals surface area contributed by atoms with E-state index in [0.29, 0.717) is 18.4 Å². The van der Waals surface area contributed by atoms with Crippen molar-refractivity contribution in [3.05, 3.63) is 29.8 Å². The summed E-state index contributed by atoms with van der Waals surface area (Å²) in [6.45, 7) is -0.588. The Morgan fingerprint density at radius 1 is 1.27 bits per heavy atom. The fourth-order valence-electron chi connectivity index (χ4n) is 2.49. The summed E-state index contributed by atoms with van der Waals surface area (Å²) in [7, 11) is -3.92. The van der Waals surface area contributed by atoms with Crippen molar-refractivity contribution in [1.82, 2.24) is 4.31 Å². The lowest BCUT2D eigenvalue weighted by Gasteiger charge is -2.20. The minimum atomic E-state index is -3.92. The highest BCUT2D eigenvalue weighted by Crippen LogP contribution is 2.55. The van der Waals surface area contributed by atoms with Gasteiger partial charge in [0.15, 0.2) is 0 Å². The SMILES string of the molecule is O=C(O)CN(C1CC1)S(=O)(=O)c1ccc(C2CC2(F)F)cc1. The van der Waals surface area contributed by atoms with Crippen molar-refractivity contribution < 1.29 is 27.1 Å². The first-order valence-corrected chi connectivity index (χ1v) is 8.37. The highest BCUT2D eigenvalue weighted by Gasteiger charge is 2.57. The zero-order chi connectivity index (χ0) is 16.1. The number of hydrogen-bond donors (Lipinski definition) is 1. The molecule has 2 aliphatic rings. The van der Waals surface area contributed by atoms with E-state index in [4.69, 9.17) is 5.11 Å². The third-order valence-corrected chi connectivity index (χ3v) is 5.87. The number of hydrogen-bond acceptors (Lipinski definition) is 3. The number of rotatable bonds is 6. The molecule has 0 saturated heterocycles. The Bertz CT molecular complexity index is 698. The molecule has 1 atom stereocenters. The summed E-state index contributed by atoms with van der Waals surface area (Å²) >= 11 is 0. The molecule has 2 saturated carbocycles. The largest absolute Gasteiger partial charge is 0.480 e. The molecule has 1 aromatic carbocycles. The van der Waals surface area contributed by atoms with E-state index in [1.165, 1.54) is 24.3 Å². The summed E-state index contributed by atoms with van der Waals surface area (Å²) in [5.74, 6) is -4.77. The molecule has 120 valence electrons. The zero-order valence-electron chi connectivity index (χ0n) is 11.6. The van der Waals surface area contributed by atoms with Crippen molar-refractivity contribution in [3.63, 3.8) is 0 Å². The summed E-state index contributed by atoms with van der Waals surface area (Å²) in [6.07, 6.45) is 1.06. The number of alkyl halides is 2. The molecule has 0 spiro atoms. The molecule has 0 radical (unpaired) electrons. The molecule has 5 nitrogen and oxygen atoms in total. The number of halogens is 2. The highest BCUT2D eigenvalue weighted by atomic mass is 32.2. The minimum Gasteiger partial charge on any atom is -0.480 e. The predicted molar refractivity (Wildman–Crippen MR) is 73.3 cm³/mol. The van der Waals surface area contributed by atoms with Crippen LogP contribution >= 0.6 is 0 Å². The van der Waals surface area contributed by atoms with Gasteiger partial charge in [0.25, 0.3) is 5.92 Å². The monoisotopic (exact) mass is 331 g/mol. The van der Waals surface area contributed by atoms with Gasteiger partial charge in [-0.3, -0.25) is 4.79 Å². The second-order valence-electron chi connectivity index (χ2n) is 5.76. The van der Waals surface area contributed by atoms with E-state index in [0.717, 1.165) is 4.31 Å². The normalized spacial score (nSPS) is 23.5. The molecule has 0 aliphatic heterocycles. The topological polar surface area (TPSA) is 74.7 Å². The number of benzene rings is 1. The maximum atomic E-state index is 13.0. The van der Waals surface area contributed by atoms with E-state index in [2.05, 4.69) is 0 Å². The Balaban J connectivity index is 1.83. The molecule has 0 bridgehead atoms. The third kappa shape index (κ3) is 2.85. The molecule has 2 aliphatic carbocycles. The molecule has 1 aromatic rings. The van der Waals surface area contributed by atoms with Gasteiger partial charge in [-0.15, -0.1) is 0 Å². The van der Waals surface area contributed by atoms with E-state index in [9.17, 15) is 22.0 Å². The predicted octanol–water partition coefficient (Wildman–Crippen LogP) is 2.05. The molecule has 8 heteroatoms. The van der Waals surface area contributed by atoms with Gasteiger partial charge in [0.1, 0.15) is 6.54 Å². The van der Waals surface area contributed by atoms with Crippen LogP contribution < -0.4 is 0 Å². The number of carboxylic acid groups (broad SMARTS) is 1. The van der Waals surface area contributed by atoms with Crippen LogP contribution in [0, 0.1) is 0 Å². The minimum absolute atomic E-state index is 0.0617. The Morgan fingerprint density at radius 2 is 1.82 bits per heavy atom. The first-order chi connectivity index (χ1) is 10.2. The van der Waals surface area contributed by atoms with Gasteiger partial charge in [-0.25, -0.2) is 17.2 Å². The number of nitrogens with zero attached hydrogens (tertiary/aromatic N) is 1. The number of sulfonamides is 1. The van der Waals surface area contributed by atoms with Crippen LogP contribution in [0.15, 0.2) is 29.2 Å². The zero-order valence-corrected chi connectivity index (χ0v) is 12.4. The Kier molecular flexibility index (Phi) is 3.48. The van der Waals surface area contributed by atoms with E-state index in [-0.39, 0.29) is 17.4 Å². The standard InChI is InChI=1S/C14H15F2NO4S/c15-14(16)7-12(14)9-1-5-11(6-2-9)22(20,21)17(8-13(18)19)10-3-4-10/h1-2,5-6,10,12H,3-4,7-8H2,(H,18,19). The summed E-state index contributed by atoms with van der Waals surface area (Å²) < 4.78 is 52.0. The third-order valence-electron chi connectivity index (χ3n) is 3.96. The first-order valence-electron chi connectivity index (χ1n) is 6.93. The van der Waals surface area contributed by atoms with Crippen molar-refractivity contribution in [2.75, 3.05) is 6.54 Å². The highest BCUT2D eigenvalue weighted by molar-refractivity contribution is 7.89. The lowest BCUT2D eigenvalue weighted by atomic mass is 10.1. The van der Waals surface area contributed by atoms with E-state index < -0.39 is 34.4 Å². The summed E-state index contributed by atoms with van der Waals surface area (Å²) in [4.78, 5) is 10.8. The number of carboxylic acids is 1. The average Bonchev–Trinajstić information content (AvgIpc) is 3.33. The van der Waals surface area contributed by atoms with Gasteiger partial charge in [-0.2, -0.15) is 4.31 Å². The van der Waals surface area contributed by atoms with Crippen LogP contribution in [-0.2, 0) is 14.8 Å². The lowest BCUT2D eigenvalue weighted by molar-refractivity contribution is -0.137. The van der Waals surface area contributed by atoms with E-state index >= 15 is 0 Å². The van der Waals surface area contributed by atoms with Crippen LogP contribution in [0.4, 0.5) is 8.78 Å². The van der Waals surface area contributed by atoms with Gasteiger partial charge in [0.05, 0.1) is 10.8 Å². The quantitative estimate of drug-likeness (QED) is 0.866. The van der Waals surface area contributed by atoms with E-state index in [1.54, 1.807) is 0 Å². The van der Waals surface area contributed by atoms with Crippen LogP contribution in [0.25, 0.3) is 0 Å². The number of aliphatic carboxylic acids is 1. The Hall–Kier alpha value is -1.54. The van der Waals surface area contributed by atoms with Crippen LogP contribution in [-0.4, -0.2) is 42.3 Å². The molecule has 2 fully saturated rings. The van der Waals surface area contributed by atoms with Crippen molar-refractivity contribution >= 4 is 16.0 Å². The average molecular weight is 331 g/mol. The van der Waals surface area contributed by atoms with Crippen molar-refractivity contribution in [2.45, 2.75) is 42.0 Å². The Labute approximate surface area is 126 Å². The van der Waals surface area contributed by atoms with Crippen molar-refractivity contribution in [2.24, 2.45) is 0 Å². The maximum absolute atomic E-state index is 13.0. The van der Waals surface area contributed by atoms with Gasteiger partial charge in [0.2, 0.25) is 10.0 Å². The smallest absolute Gasteiger partial charge is 0.318 e. The fraction of sp³-hybridized carbons (Fsp3) is 0.500. The molecule has 0 heterocycles. The van der Waals surface area contributed by atoms with Crippen LogP contribution in [0.3, 0.4) is 0 Å². The fourth-order valence-corrected chi connectivity index (χ4v) is 4.12. The molecule has 0 aromatic heterocycles. The molecule has 0 amide bonds. The summed E-state index contributed by atoms with van der Waals surface area (Å²) in [6, 6.07) is 5.02.